The predicted octanol–water partition coefficient (Wildman–Crippen LogP) is 3.11. The largest absolute Gasteiger partial charge is 0.326 e. The predicted molar refractivity (Wildman–Crippen MR) is 98.4 cm³/mol. The molecule has 5 heteroatoms. The Kier molecular flexibility index (Phi) is 3.90. The first-order valence-corrected chi connectivity index (χ1v) is 8.25. The highest BCUT2D eigenvalue weighted by Crippen LogP contribution is 2.22. The third-order valence-electron chi connectivity index (χ3n) is 4.42. The monoisotopic (exact) mass is 330 g/mol. The fourth-order valence-electron chi connectivity index (χ4n) is 2.94. The first-order valence-electron chi connectivity index (χ1n) is 8.25. The van der Waals surface area contributed by atoms with Crippen LogP contribution in [0.25, 0.3) is 22.2 Å². The lowest BCUT2D eigenvalue weighted by Gasteiger charge is -2.04. The molecule has 0 bridgehead atoms. The Morgan fingerprint density at radius 1 is 0.960 bits per heavy atom. The summed E-state index contributed by atoms with van der Waals surface area (Å²) in [5.41, 5.74) is 4.82. The second kappa shape index (κ2) is 6.36. The van der Waals surface area contributed by atoms with Crippen LogP contribution in [0.1, 0.15) is 11.4 Å². The number of aromatic amines is 1. The molecule has 0 saturated heterocycles. The Labute approximate surface area is 145 Å². The molecule has 0 saturated carbocycles. The van der Waals surface area contributed by atoms with Crippen molar-refractivity contribution in [1.82, 2.24) is 19.5 Å². The van der Waals surface area contributed by atoms with Crippen LogP contribution in [0.4, 0.5) is 0 Å². The van der Waals surface area contributed by atoms with E-state index in [4.69, 9.17) is 0 Å². The zero-order valence-electron chi connectivity index (χ0n) is 13.9. The van der Waals surface area contributed by atoms with E-state index in [-0.39, 0.29) is 5.69 Å². The average Bonchev–Trinajstić information content (AvgIpc) is 2.95. The van der Waals surface area contributed by atoms with Crippen LogP contribution in [-0.2, 0) is 19.9 Å². The highest BCUT2D eigenvalue weighted by Gasteiger charge is 2.06. The standard InChI is InChI=1S/C20H18N4O/c1-24-18-11-15(8-9-17(18)23-20(24)25)16-12-21-19(22-13-16)10-7-14-5-3-2-4-6-14/h2-6,8-9,11-13H,7,10H2,1H3,(H,23,25). The van der Waals surface area contributed by atoms with Crippen molar-refractivity contribution in [3.8, 4) is 11.1 Å². The van der Waals surface area contributed by atoms with E-state index in [2.05, 4.69) is 27.1 Å². The van der Waals surface area contributed by atoms with Crippen molar-refractivity contribution in [3.63, 3.8) is 0 Å². The molecular weight excluding hydrogens is 312 g/mol. The third-order valence-corrected chi connectivity index (χ3v) is 4.42. The molecule has 4 aromatic rings. The zero-order valence-corrected chi connectivity index (χ0v) is 13.9. The summed E-state index contributed by atoms with van der Waals surface area (Å²) in [4.78, 5) is 23.5. The summed E-state index contributed by atoms with van der Waals surface area (Å²) >= 11 is 0. The van der Waals surface area contributed by atoms with Crippen LogP contribution in [0.15, 0.2) is 65.7 Å². The molecule has 4 rings (SSSR count). The number of rotatable bonds is 4. The molecule has 2 aromatic heterocycles. The quantitative estimate of drug-likeness (QED) is 0.625. The van der Waals surface area contributed by atoms with Crippen molar-refractivity contribution in [2.24, 2.45) is 7.05 Å². The van der Waals surface area contributed by atoms with Crippen LogP contribution in [-0.4, -0.2) is 19.5 Å². The van der Waals surface area contributed by atoms with Gasteiger partial charge in [-0.25, -0.2) is 14.8 Å². The van der Waals surface area contributed by atoms with Crippen molar-refractivity contribution in [2.45, 2.75) is 12.8 Å². The normalized spacial score (nSPS) is 11.1. The molecule has 124 valence electrons. The molecule has 0 fully saturated rings. The van der Waals surface area contributed by atoms with Crippen LogP contribution < -0.4 is 5.69 Å². The molecule has 0 aliphatic carbocycles. The second-order valence-corrected chi connectivity index (χ2v) is 6.09. The first kappa shape index (κ1) is 15.3. The van der Waals surface area contributed by atoms with Gasteiger partial charge >= 0.3 is 5.69 Å². The Morgan fingerprint density at radius 2 is 1.72 bits per heavy atom. The molecule has 0 atom stereocenters. The van der Waals surface area contributed by atoms with Gasteiger partial charge in [0.15, 0.2) is 0 Å². The van der Waals surface area contributed by atoms with Crippen LogP contribution in [0.5, 0.6) is 0 Å². The molecule has 2 aromatic carbocycles. The van der Waals surface area contributed by atoms with Crippen LogP contribution >= 0.6 is 0 Å². The molecule has 0 unspecified atom stereocenters. The van der Waals surface area contributed by atoms with Gasteiger partial charge in [0.1, 0.15) is 5.82 Å². The molecule has 25 heavy (non-hydrogen) atoms. The van der Waals surface area contributed by atoms with Crippen LogP contribution in [0.2, 0.25) is 0 Å². The molecule has 2 heterocycles. The zero-order chi connectivity index (χ0) is 17.2. The molecule has 0 spiro atoms. The fraction of sp³-hybridized carbons (Fsp3) is 0.150. The number of nitrogens with one attached hydrogen (secondary N) is 1. The molecule has 0 aliphatic heterocycles. The molecule has 0 aliphatic rings. The molecule has 0 radical (unpaired) electrons. The van der Waals surface area contributed by atoms with Gasteiger partial charge in [-0.3, -0.25) is 4.57 Å². The van der Waals surface area contributed by atoms with E-state index in [0.717, 1.165) is 40.8 Å². The fourth-order valence-corrected chi connectivity index (χ4v) is 2.94. The Hall–Kier alpha value is -3.21. The average molecular weight is 330 g/mol. The lowest BCUT2D eigenvalue weighted by molar-refractivity contribution is 0.859. The van der Waals surface area contributed by atoms with E-state index in [0.29, 0.717) is 0 Å². The summed E-state index contributed by atoms with van der Waals surface area (Å²) < 4.78 is 1.61. The Bertz CT molecular complexity index is 1060. The van der Waals surface area contributed by atoms with Crippen LogP contribution in [0, 0.1) is 0 Å². The number of fused-ring (bicyclic) bond motifs is 1. The van der Waals surface area contributed by atoms with E-state index in [9.17, 15) is 4.79 Å². The van der Waals surface area contributed by atoms with Gasteiger partial charge in [-0.2, -0.15) is 0 Å². The van der Waals surface area contributed by atoms with E-state index >= 15 is 0 Å². The number of benzene rings is 2. The van der Waals surface area contributed by atoms with Crippen molar-refractivity contribution in [1.29, 1.82) is 0 Å². The van der Waals surface area contributed by atoms with Gasteiger partial charge in [-0.15, -0.1) is 0 Å². The second-order valence-electron chi connectivity index (χ2n) is 6.09. The summed E-state index contributed by atoms with van der Waals surface area (Å²) in [5, 5.41) is 0. The minimum absolute atomic E-state index is 0.111. The number of hydrogen-bond acceptors (Lipinski definition) is 3. The van der Waals surface area contributed by atoms with Gasteiger partial charge in [0.25, 0.3) is 0 Å². The molecule has 1 N–H and O–H groups in total. The summed E-state index contributed by atoms with van der Waals surface area (Å²) in [7, 11) is 1.76. The highest BCUT2D eigenvalue weighted by atomic mass is 16.1. The minimum Gasteiger partial charge on any atom is -0.306 e. The topological polar surface area (TPSA) is 63.6 Å². The van der Waals surface area contributed by atoms with Crippen molar-refractivity contribution < 1.29 is 0 Å². The van der Waals surface area contributed by atoms with Crippen LogP contribution in [0.3, 0.4) is 0 Å². The minimum atomic E-state index is -0.111. The number of aromatic nitrogens is 4. The van der Waals surface area contributed by atoms with Gasteiger partial charge in [0, 0.05) is 31.4 Å². The summed E-state index contributed by atoms with van der Waals surface area (Å²) in [6, 6.07) is 16.2. The van der Waals surface area contributed by atoms with Crippen molar-refractivity contribution in [3.05, 3.63) is 82.8 Å². The smallest absolute Gasteiger partial charge is 0.306 e. The van der Waals surface area contributed by atoms with E-state index in [1.807, 2.05) is 48.8 Å². The number of imidazole rings is 1. The Morgan fingerprint density at radius 3 is 2.48 bits per heavy atom. The summed E-state index contributed by atoms with van der Waals surface area (Å²) in [5.74, 6) is 0.836. The SMILES string of the molecule is Cn1c(=O)[nH]c2ccc(-c3cnc(CCc4ccccc4)nc3)cc21. The lowest BCUT2D eigenvalue weighted by Crippen LogP contribution is -2.11. The van der Waals surface area contributed by atoms with Gasteiger partial charge in [-0.05, 0) is 29.7 Å². The van der Waals surface area contributed by atoms with E-state index in [1.165, 1.54) is 5.56 Å². The van der Waals surface area contributed by atoms with Gasteiger partial charge in [0.2, 0.25) is 0 Å². The summed E-state index contributed by atoms with van der Waals surface area (Å²) in [6.45, 7) is 0. The number of hydrogen-bond donors (Lipinski definition) is 1. The van der Waals surface area contributed by atoms with Gasteiger partial charge in [0.05, 0.1) is 11.0 Å². The van der Waals surface area contributed by atoms with Crippen molar-refractivity contribution in [2.75, 3.05) is 0 Å². The number of nitrogens with zero attached hydrogens (tertiary/aromatic N) is 3. The van der Waals surface area contributed by atoms with E-state index in [1.54, 1.807) is 11.6 Å². The highest BCUT2D eigenvalue weighted by molar-refractivity contribution is 5.81. The number of aryl methyl sites for hydroxylation is 3. The molecular formula is C20H18N4O. The number of H-pyrrole nitrogens is 1. The molecule has 0 amide bonds. The van der Waals surface area contributed by atoms with E-state index < -0.39 is 0 Å². The maximum atomic E-state index is 11.7. The van der Waals surface area contributed by atoms with Gasteiger partial charge in [-0.1, -0.05) is 36.4 Å². The molecule has 5 nitrogen and oxygen atoms in total. The van der Waals surface area contributed by atoms with Crippen molar-refractivity contribution >= 4 is 11.0 Å². The maximum Gasteiger partial charge on any atom is 0.326 e. The Balaban J connectivity index is 1.55. The first-order chi connectivity index (χ1) is 12.2. The van der Waals surface area contributed by atoms with Gasteiger partial charge < -0.3 is 4.98 Å². The summed E-state index contributed by atoms with van der Waals surface area (Å²) in [6.07, 6.45) is 5.44. The third kappa shape index (κ3) is 3.08. The lowest BCUT2D eigenvalue weighted by atomic mass is 10.1. The maximum absolute atomic E-state index is 11.7.